The topological polar surface area (TPSA) is 41.1 Å². The molecule has 1 aliphatic heterocycles. The molecule has 3 rings (SSSR count). The average Bonchev–Trinajstić information content (AvgIpc) is 3.18. The van der Waals surface area contributed by atoms with Gasteiger partial charge in [-0.2, -0.15) is 0 Å². The zero-order valence-electron chi connectivity index (χ0n) is 16.3. The highest BCUT2D eigenvalue weighted by atomic mass is 35.5. The Morgan fingerprint density at radius 1 is 1.07 bits per heavy atom. The summed E-state index contributed by atoms with van der Waals surface area (Å²) in [6, 6.07) is 18.0. The lowest BCUT2D eigenvalue weighted by atomic mass is 9.61. The van der Waals surface area contributed by atoms with E-state index in [0.717, 1.165) is 30.6 Å². The van der Waals surface area contributed by atoms with Gasteiger partial charge in [0.15, 0.2) is 0 Å². The molecule has 0 aliphatic carbocycles. The van der Waals surface area contributed by atoms with Gasteiger partial charge in [0.1, 0.15) is 5.41 Å². The molecule has 1 fully saturated rings. The van der Waals surface area contributed by atoms with Crippen molar-refractivity contribution in [3.05, 3.63) is 70.7 Å². The molecule has 0 bridgehead atoms. The first kappa shape index (κ1) is 19.9. The van der Waals surface area contributed by atoms with Gasteiger partial charge in [-0.1, -0.05) is 61.0 Å². The summed E-state index contributed by atoms with van der Waals surface area (Å²) in [5.41, 5.74) is 1.27. The van der Waals surface area contributed by atoms with Gasteiger partial charge in [0.2, 0.25) is 5.91 Å². The fourth-order valence-corrected chi connectivity index (χ4v) is 4.53. The van der Waals surface area contributed by atoms with E-state index in [1.165, 1.54) is 0 Å². The molecule has 0 aromatic heterocycles. The predicted molar refractivity (Wildman–Crippen MR) is 112 cm³/mol. The zero-order valence-corrected chi connectivity index (χ0v) is 17.1. The van der Waals surface area contributed by atoms with Crippen molar-refractivity contribution in [2.45, 2.75) is 38.6 Å². The van der Waals surface area contributed by atoms with Gasteiger partial charge in [-0.3, -0.25) is 4.79 Å². The van der Waals surface area contributed by atoms with E-state index < -0.39 is 5.41 Å². The quantitative estimate of drug-likeness (QED) is 0.775. The van der Waals surface area contributed by atoms with Crippen LogP contribution in [0.5, 0.6) is 0 Å². The van der Waals surface area contributed by atoms with E-state index in [2.05, 4.69) is 29.7 Å². The molecule has 3 atom stereocenters. The van der Waals surface area contributed by atoms with Crippen LogP contribution >= 0.6 is 11.6 Å². The fraction of sp³-hybridized carbons (Fsp3) is 0.435. The summed E-state index contributed by atoms with van der Waals surface area (Å²) in [4.78, 5) is 13.8. The summed E-state index contributed by atoms with van der Waals surface area (Å²) >= 11 is 6.17. The van der Waals surface area contributed by atoms with Crippen LogP contribution in [0.4, 0.5) is 0 Å². The molecule has 3 unspecified atom stereocenters. The number of nitrogens with one attached hydrogen (secondary N) is 2. The second kappa shape index (κ2) is 8.45. The first-order valence-corrected chi connectivity index (χ1v) is 10.2. The van der Waals surface area contributed by atoms with E-state index in [1.807, 2.05) is 56.3 Å². The second-order valence-electron chi connectivity index (χ2n) is 7.85. The molecule has 1 amide bonds. The summed E-state index contributed by atoms with van der Waals surface area (Å²) in [6.07, 6.45) is 1.08. The van der Waals surface area contributed by atoms with Crippen molar-refractivity contribution in [3.63, 3.8) is 0 Å². The number of hydrogen-bond donors (Lipinski definition) is 2. The molecular weight excluding hydrogens is 356 g/mol. The highest BCUT2D eigenvalue weighted by Crippen LogP contribution is 2.44. The third kappa shape index (κ3) is 3.90. The number of rotatable bonds is 6. The number of hydrogen-bond acceptors (Lipinski definition) is 2. The van der Waals surface area contributed by atoms with Crippen LogP contribution in [0.3, 0.4) is 0 Å². The molecule has 0 saturated carbocycles. The van der Waals surface area contributed by atoms with Crippen LogP contribution in [0, 0.1) is 11.8 Å². The van der Waals surface area contributed by atoms with Gasteiger partial charge in [-0.25, -0.2) is 0 Å². The molecule has 0 radical (unpaired) electrons. The van der Waals surface area contributed by atoms with Crippen LogP contribution in [-0.2, 0) is 10.2 Å². The molecule has 1 saturated heterocycles. The summed E-state index contributed by atoms with van der Waals surface area (Å²) in [5, 5.41) is 7.35. The Hall–Kier alpha value is -1.84. The summed E-state index contributed by atoms with van der Waals surface area (Å²) in [7, 11) is 0. The molecule has 144 valence electrons. The second-order valence-corrected chi connectivity index (χ2v) is 8.29. The lowest BCUT2D eigenvalue weighted by Gasteiger charge is -2.42. The van der Waals surface area contributed by atoms with E-state index in [1.54, 1.807) is 0 Å². The van der Waals surface area contributed by atoms with E-state index in [0.29, 0.717) is 10.9 Å². The highest BCUT2D eigenvalue weighted by molar-refractivity contribution is 6.30. The van der Waals surface area contributed by atoms with Crippen molar-refractivity contribution in [1.29, 1.82) is 0 Å². The number of carbonyl (C=O) groups is 1. The third-order valence-corrected chi connectivity index (χ3v) is 6.05. The first-order chi connectivity index (χ1) is 13.0. The largest absolute Gasteiger partial charge is 0.353 e. The monoisotopic (exact) mass is 384 g/mol. The van der Waals surface area contributed by atoms with Gasteiger partial charge in [-0.15, -0.1) is 0 Å². The van der Waals surface area contributed by atoms with E-state index in [4.69, 9.17) is 11.6 Å². The molecular formula is C23H29ClN2O. The van der Waals surface area contributed by atoms with Crippen molar-refractivity contribution < 1.29 is 4.79 Å². The van der Waals surface area contributed by atoms with Crippen LogP contribution in [0.25, 0.3) is 0 Å². The van der Waals surface area contributed by atoms with E-state index >= 15 is 0 Å². The van der Waals surface area contributed by atoms with Gasteiger partial charge in [0.05, 0.1) is 0 Å². The minimum Gasteiger partial charge on any atom is -0.353 e. The Balaban J connectivity index is 2.22. The van der Waals surface area contributed by atoms with Crippen LogP contribution in [0.1, 0.15) is 38.3 Å². The Kier molecular flexibility index (Phi) is 6.23. The minimum absolute atomic E-state index is 0.0606. The van der Waals surface area contributed by atoms with Crippen molar-refractivity contribution in [2.24, 2.45) is 11.8 Å². The predicted octanol–water partition coefficient (Wildman–Crippen LogP) is 4.40. The van der Waals surface area contributed by atoms with Gasteiger partial charge in [0.25, 0.3) is 0 Å². The Bertz CT molecular complexity index is 754. The van der Waals surface area contributed by atoms with Gasteiger partial charge in [-0.05, 0) is 68.5 Å². The van der Waals surface area contributed by atoms with Gasteiger partial charge in [0, 0.05) is 11.1 Å². The molecule has 2 aromatic carbocycles. The van der Waals surface area contributed by atoms with E-state index in [9.17, 15) is 4.79 Å². The van der Waals surface area contributed by atoms with Crippen LogP contribution in [0.2, 0.25) is 5.02 Å². The van der Waals surface area contributed by atoms with Crippen molar-refractivity contribution in [2.75, 3.05) is 13.1 Å². The summed E-state index contributed by atoms with van der Waals surface area (Å²) in [6.45, 7) is 8.19. The molecule has 3 nitrogen and oxygen atoms in total. The van der Waals surface area contributed by atoms with Crippen molar-refractivity contribution in [1.82, 2.24) is 10.6 Å². The molecule has 2 N–H and O–H groups in total. The summed E-state index contributed by atoms with van der Waals surface area (Å²) < 4.78 is 0. The molecule has 2 aromatic rings. The number of amides is 1. The maximum absolute atomic E-state index is 13.8. The molecule has 27 heavy (non-hydrogen) atoms. The standard InChI is InChI=1S/C23H29ClN2O/c1-16(2)26-22(27)23(19-7-5-4-6-8-19,17(3)18-13-14-25-15-18)20-9-11-21(24)12-10-20/h4-12,16-18,25H,13-15H2,1-3H3,(H,26,27). The van der Waals surface area contributed by atoms with Crippen molar-refractivity contribution in [3.8, 4) is 0 Å². The number of carbonyl (C=O) groups excluding carboxylic acids is 1. The Morgan fingerprint density at radius 3 is 2.26 bits per heavy atom. The van der Waals surface area contributed by atoms with E-state index in [-0.39, 0.29) is 17.9 Å². The minimum atomic E-state index is -0.757. The van der Waals surface area contributed by atoms with Crippen LogP contribution in [-0.4, -0.2) is 25.0 Å². The van der Waals surface area contributed by atoms with Gasteiger partial charge < -0.3 is 10.6 Å². The zero-order chi connectivity index (χ0) is 19.4. The van der Waals surface area contributed by atoms with Crippen LogP contribution in [0.15, 0.2) is 54.6 Å². The lowest BCUT2D eigenvalue weighted by Crippen LogP contribution is -2.53. The first-order valence-electron chi connectivity index (χ1n) is 9.79. The van der Waals surface area contributed by atoms with Gasteiger partial charge >= 0.3 is 0 Å². The Morgan fingerprint density at radius 2 is 1.70 bits per heavy atom. The molecule has 1 aliphatic rings. The van der Waals surface area contributed by atoms with Crippen LogP contribution < -0.4 is 10.6 Å². The smallest absolute Gasteiger partial charge is 0.235 e. The Labute approximate surface area is 167 Å². The highest BCUT2D eigenvalue weighted by Gasteiger charge is 2.49. The molecule has 4 heteroatoms. The number of benzene rings is 2. The molecule has 1 heterocycles. The normalized spacial score (nSPS) is 20.3. The SMILES string of the molecule is CC(C)NC(=O)C(c1ccccc1)(c1ccc(Cl)cc1)C(C)C1CCNC1. The third-order valence-electron chi connectivity index (χ3n) is 5.80. The maximum Gasteiger partial charge on any atom is 0.235 e. The molecule has 0 spiro atoms. The summed E-state index contributed by atoms with van der Waals surface area (Å²) in [5.74, 6) is 0.624. The lowest BCUT2D eigenvalue weighted by molar-refractivity contribution is -0.128. The average molecular weight is 385 g/mol. The fourth-order valence-electron chi connectivity index (χ4n) is 4.41. The number of halogens is 1. The maximum atomic E-state index is 13.8. The van der Waals surface area contributed by atoms with Crippen molar-refractivity contribution >= 4 is 17.5 Å².